The summed E-state index contributed by atoms with van der Waals surface area (Å²) in [4.78, 5) is 1.08. The molecule has 0 aliphatic heterocycles. The van der Waals surface area contributed by atoms with Crippen LogP contribution >= 0.6 is 11.3 Å². The summed E-state index contributed by atoms with van der Waals surface area (Å²) in [5, 5.41) is 10.0. The van der Waals surface area contributed by atoms with E-state index in [1.54, 1.807) is 0 Å². The number of halogens is 3. The summed E-state index contributed by atoms with van der Waals surface area (Å²) in [5.74, 6) is 0.238. The van der Waals surface area contributed by atoms with Gasteiger partial charge in [0.1, 0.15) is 0 Å². The summed E-state index contributed by atoms with van der Waals surface area (Å²) in [5.41, 5.74) is -0.601. The monoisotopic (exact) mass is 316 g/mol. The number of fused-ring (bicyclic) bond motifs is 1. The zero-order valence-electron chi connectivity index (χ0n) is 11.9. The Balaban J connectivity index is 2.32. The molecule has 116 valence electrons. The van der Waals surface area contributed by atoms with Crippen molar-refractivity contribution in [2.45, 2.75) is 44.7 Å². The van der Waals surface area contributed by atoms with E-state index in [9.17, 15) is 18.3 Å². The van der Waals surface area contributed by atoms with Crippen molar-refractivity contribution in [1.82, 2.24) is 0 Å². The molecule has 0 aliphatic rings. The Hall–Kier alpha value is -1.07. The molecule has 0 fully saturated rings. The van der Waals surface area contributed by atoms with E-state index in [2.05, 4.69) is 6.92 Å². The molecule has 1 aromatic carbocycles. The third-order valence-electron chi connectivity index (χ3n) is 3.65. The highest BCUT2D eigenvalue weighted by atomic mass is 32.1. The van der Waals surface area contributed by atoms with Gasteiger partial charge in [-0.3, -0.25) is 0 Å². The number of aliphatic hydroxyl groups excluding tert-OH is 1. The second-order valence-electron chi connectivity index (χ2n) is 5.25. The molecule has 0 saturated heterocycles. The van der Waals surface area contributed by atoms with E-state index in [1.807, 2.05) is 6.07 Å². The predicted octanol–water partition coefficient (Wildman–Crippen LogP) is 5.58. The maximum absolute atomic E-state index is 12.7. The van der Waals surface area contributed by atoms with E-state index in [0.717, 1.165) is 35.6 Å². The lowest BCUT2D eigenvalue weighted by atomic mass is 9.97. The zero-order chi connectivity index (χ0) is 15.5. The Morgan fingerprint density at radius 3 is 2.57 bits per heavy atom. The third-order valence-corrected chi connectivity index (χ3v) is 4.91. The fraction of sp³-hybridized carbons (Fsp3) is 0.500. The van der Waals surface area contributed by atoms with Gasteiger partial charge in [-0.15, -0.1) is 11.3 Å². The quantitative estimate of drug-likeness (QED) is 0.738. The lowest BCUT2D eigenvalue weighted by molar-refractivity contribution is -0.137. The average Bonchev–Trinajstić information content (AvgIpc) is 2.85. The number of unbranched alkanes of at least 4 members (excludes halogenated alkanes) is 1. The van der Waals surface area contributed by atoms with Crippen LogP contribution in [0.4, 0.5) is 13.2 Å². The zero-order valence-corrected chi connectivity index (χ0v) is 12.7. The van der Waals surface area contributed by atoms with Gasteiger partial charge in [-0.1, -0.05) is 25.8 Å². The molecule has 1 heterocycles. The van der Waals surface area contributed by atoms with E-state index in [-0.39, 0.29) is 12.5 Å². The molecule has 1 atom stereocenters. The van der Waals surface area contributed by atoms with Gasteiger partial charge in [-0.25, -0.2) is 0 Å². The third kappa shape index (κ3) is 3.98. The summed E-state index contributed by atoms with van der Waals surface area (Å²) in [6.07, 6.45) is -0.530. The Labute approximate surface area is 126 Å². The van der Waals surface area contributed by atoms with Gasteiger partial charge in [0.25, 0.3) is 0 Å². The van der Waals surface area contributed by atoms with E-state index in [1.165, 1.54) is 23.5 Å². The molecule has 2 aromatic rings. The molecule has 2 rings (SSSR count). The molecule has 1 unspecified atom stereocenters. The molecule has 5 heteroatoms. The van der Waals surface area contributed by atoms with Gasteiger partial charge >= 0.3 is 6.18 Å². The average molecular weight is 316 g/mol. The molecular formula is C16H19F3OS. The normalized spacial score (nSPS) is 13.8. The van der Waals surface area contributed by atoms with Crippen molar-refractivity contribution in [3.63, 3.8) is 0 Å². The Bertz CT molecular complexity index is 589. The molecule has 1 aromatic heterocycles. The fourth-order valence-electron chi connectivity index (χ4n) is 2.46. The second kappa shape index (κ2) is 6.79. The lowest BCUT2D eigenvalue weighted by Crippen LogP contribution is -2.03. The molecule has 0 saturated carbocycles. The molecule has 1 nitrogen and oxygen atoms in total. The smallest absolute Gasteiger partial charge is 0.396 e. The van der Waals surface area contributed by atoms with Gasteiger partial charge in [0.15, 0.2) is 0 Å². The van der Waals surface area contributed by atoms with Gasteiger partial charge in [-0.2, -0.15) is 13.2 Å². The first kappa shape index (κ1) is 16.3. The van der Waals surface area contributed by atoms with Crippen LogP contribution < -0.4 is 0 Å². The first-order chi connectivity index (χ1) is 9.95. The minimum Gasteiger partial charge on any atom is -0.396 e. The van der Waals surface area contributed by atoms with E-state index in [0.29, 0.717) is 11.1 Å². The molecule has 0 bridgehead atoms. The summed E-state index contributed by atoms with van der Waals surface area (Å²) in [6, 6.07) is 5.86. The highest BCUT2D eigenvalue weighted by Gasteiger charge is 2.30. The van der Waals surface area contributed by atoms with Crippen LogP contribution in [0.15, 0.2) is 24.3 Å². The fourth-order valence-corrected chi connectivity index (χ4v) is 3.74. The van der Waals surface area contributed by atoms with Gasteiger partial charge in [0.05, 0.1) is 5.56 Å². The van der Waals surface area contributed by atoms with Crippen molar-refractivity contribution in [3.05, 3.63) is 34.7 Å². The first-order valence-electron chi connectivity index (χ1n) is 7.17. The summed E-state index contributed by atoms with van der Waals surface area (Å²) < 4.78 is 38.9. The van der Waals surface area contributed by atoms with E-state index < -0.39 is 11.7 Å². The van der Waals surface area contributed by atoms with Crippen LogP contribution in [-0.2, 0) is 6.18 Å². The molecule has 21 heavy (non-hydrogen) atoms. The number of benzene rings is 1. The van der Waals surface area contributed by atoms with Crippen LogP contribution in [0.1, 0.15) is 49.0 Å². The number of alkyl halides is 3. The maximum atomic E-state index is 12.7. The van der Waals surface area contributed by atoms with Gasteiger partial charge in [-0.05, 0) is 42.3 Å². The highest BCUT2D eigenvalue weighted by molar-refractivity contribution is 7.19. The van der Waals surface area contributed by atoms with Crippen molar-refractivity contribution >= 4 is 21.4 Å². The number of hydrogen-bond donors (Lipinski definition) is 1. The SMILES string of the molecule is CCCCC(CCO)c1cc2ccc(C(F)(F)F)cc2s1. The molecule has 0 spiro atoms. The number of aliphatic hydroxyl groups is 1. The van der Waals surface area contributed by atoms with Crippen LogP contribution in [0.25, 0.3) is 10.1 Å². The second-order valence-corrected chi connectivity index (χ2v) is 6.37. The number of rotatable bonds is 6. The summed E-state index contributed by atoms with van der Waals surface area (Å²) in [6.45, 7) is 2.22. The Kier molecular flexibility index (Phi) is 5.27. The number of hydrogen-bond acceptors (Lipinski definition) is 2. The van der Waals surface area contributed by atoms with Crippen molar-refractivity contribution in [1.29, 1.82) is 0 Å². The van der Waals surface area contributed by atoms with Crippen molar-refractivity contribution < 1.29 is 18.3 Å². The van der Waals surface area contributed by atoms with Crippen LogP contribution in [0.3, 0.4) is 0 Å². The summed E-state index contributed by atoms with van der Waals surface area (Å²) >= 11 is 1.41. The lowest BCUT2D eigenvalue weighted by Gasteiger charge is -2.12. The van der Waals surface area contributed by atoms with Crippen LogP contribution in [0.5, 0.6) is 0 Å². The summed E-state index contributed by atoms with van der Waals surface area (Å²) in [7, 11) is 0. The molecule has 0 amide bonds. The molecular weight excluding hydrogens is 297 g/mol. The number of thiophene rings is 1. The van der Waals surface area contributed by atoms with Crippen molar-refractivity contribution in [2.75, 3.05) is 6.61 Å². The minimum atomic E-state index is -4.30. The highest BCUT2D eigenvalue weighted by Crippen LogP contribution is 2.38. The minimum absolute atomic E-state index is 0.108. The van der Waals surface area contributed by atoms with Crippen LogP contribution in [-0.4, -0.2) is 11.7 Å². The van der Waals surface area contributed by atoms with Gasteiger partial charge < -0.3 is 5.11 Å². The largest absolute Gasteiger partial charge is 0.416 e. The van der Waals surface area contributed by atoms with E-state index in [4.69, 9.17) is 0 Å². The van der Waals surface area contributed by atoms with Gasteiger partial charge in [0.2, 0.25) is 0 Å². The molecule has 0 radical (unpaired) electrons. The van der Waals surface area contributed by atoms with Crippen LogP contribution in [0, 0.1) is 0 Å². The predicted molar refractivity (Wildman–Crippen MR) is 80.8 cm³/mol. The van der Waals surface area contributed by atoms with Gasteiger partial charge in [0, 0.05) is 16.2 Å². The van der Waals surface area contributed by atoms with Crippen molar-refractivity contribution in [2.24, 2.45) is 0 Å². The first-order valence-corrected chi connectivity index (χ1v) is 7.99. The molecule has 0 aliphatic carbocycles. The Morgan fingerprint density at radius 1 is 1.19 bits per heavy atom. The van der Waals surface area contributed by atoms with Crippen LogP contribution in [0.2, 0.25) is 0 Å². The topological polar surface area (TPSA) is 20.2 Å². The van der Waals surface area contributed by atoms with Crippen molar-refractivity contribution in [3.8, 4) is 0 Å². The maximum Gasteiger partial charge on any atom is 0.416 e. The molecule has 1 N–H and O–H groups in total. The Morgan fingerprint density at radius 2 is 1.95 bits per heavy atom. The van der Waals surface area contributed by atoms with E-state index >= 15 is 0 Å². The standard InChI is InChI=1S/C16H19F3OS/c1-2-3-4-11(7-8-20)14-9-12-5-6-13(16(17,18)19)10-15(12)21-14/h5-6,9-11,20H,2-4,7-8H2,1H3.